The first kappa shape index (κ1) is 22.4. The van der Waals surface area contributed by atoms with E-state index in [0.29, 0.717) is 5.92 Å². The van der Waals surface area contributed by atoms with Gasteiger partial charge < -0.3 is 9.47 Å². The molecule has 2 fully saturated rings. The first-order chi connectivity index (χ1) is 15.9. The highest BCUT2D eigenvalue weighted by molar-refractivity contribution is 7.99. The van der Waals surface area contributed by atoms with Crippen molar-refractivity contribution in [2.75, 3.05) is 25.4 Å². The van der Waals surface area contributed by atoms with Gasteiger partial charge in [0.1, 0.15) is 0 Å². The van der Waals surface area contributed by atoms with Gasteiger partial charge in [-0.2, -0.15) is 13.2 Å². The maximum Gasteiger partial charge on any atom is 0.416 e. The monoisotopic (exact) mass is 473 g/mol. The minimum absolute atomic E-state index is 0.259. The zero-order valence-corrected chi connectivity index (χ0v) is 19.2. The van der Waals surface area contributed by atoms with Crippen LogP contribution in [-0.2, 0) is 13.2 Å². The highest BCUT2D eigenvalue weighted by atomic mass is 32.2. The highest BCUT2D eigenvalue weighted by Gasteiger charge is 2.57. The lowest BCUT2D eigenvalue weighted by atomic mass is 9.97. The van der Waals surface area contributed by atoms with Crippen LogP contribution in [0.1, 0.15) is 36.3 Å². The molecule has 1 saturated carbocycles. The molecule has 1 aliphatic heterocycles. The lowest BCUT2D eigenvalue weighted by Gasteiger charge is -2.16. The Morgan fingerprint density at radius 3 is 2.70 bits per heavy atom. The van der Waals surface area contributed by atoms with E-state index in [0.717, 1.165) is 66.8 Å². The number of thioether (sulfide) groups is 1. The van der Waals surface area contributed by atoms with Crippen molar-refractivity contribution in [3.8, 4) is 11.4 Å². The van der Waals surface area contributed by atoms with Crippen LogP contribution in [0, 0.1) is 5.41 Å². The molecular formula is C24H26F3N5S. The summed E-state index contributed by atoms with van der Waals surface area (Å²) in [5, 5.41) is 9.53. The second-order valence-electron chi connectivity index (χ2n) is 9.07. The Morgan fingerprint density at radius 1 is 1.15 bits per heavy atom. The van der Waals surface area contributed by atoms with Gasteiger partial charge in [-0.25, -0.2) is 0 Å². The minimum Gasteiger partial charge on any atom is -0.305 e. The van der Waals surface area contributed by atoms with Crippen molar-refractivity contribution in [1.82, 2.24) is 24.6 Å². The van der Waals surface area contributed by atoms with E-state index in [-0.39, 0.29) is 5.41 Å². The summed E-state index contributed by atoms with van der Waals surface area (Å²) >= 11 is 1.71. The predicted octanol–water partition coefficient (Wildman–Crippen LogP) is 5.26. The fraction of sp³-hybridized carbons (Fsp3) is 0.458. The summed E-state index contributed by atoms with van der Waals surface area (Å²) in [4.78, 5) is 6.65. The molecule has 0 N–H and O–H groups in total. The zero-order chi connectivity index (χ0) is 23.1. The molecule has 174 valence electrons. The molecule has 1 saturated heterocycles. The van der Waals surface area contributed by atoms with Crippen molar-refractivity contribution in [3.63, 3.8) is 0 Å². The van der Waals surface area contributed by atoms with Crippen molar-refractivity contribution >= 4 is 11.8 Å². The van der Waals surface area contributed by atoms with E-state index in [9.17, 15) is 13.2 Å². The molecule has 2 aromatic heterocycles. The summed E-state index contributed by atoms with van der Waals surface area (Å²) in [6.45, 7) is 3.14. The van der Waals surface area contributed by atoms with Gasteiger partial charge in [-0.05, 0) is 73.5 Å². The average molecular weight is 474 g/mol. The van der Waals surface area contributed by atoms with Crippen molar-refractivity contribution < 1.29 is 13.2 Å². The third kappa shape index (κ3) is 4.66. The molecule has 5 rings (SSSR count). The smallest absolute Gasteiger partial charge is 0.305 e. The molecule has 1 unspecified atom stereocenters. The number of alkyl halides is 3. The summed E-state index contributed by atoms with van der Waals surface area (Å²) in [7, 11) is 1.98. The van der Waals surface area contributed by atoms with Crippen LogP contribution in [0.15, 0.2) is 53.9 Å². The maximum atomic E-state index is 12.8. The lowest BCUT2D eigenvalue weighted by molar-refractivity contribution is -0.137. The molecule has 3 aromatic rings. The van der Waals surface area contributed by atoms with Gasteiger partial charge in [0.05, 0.1) is 5.56 Å². The van der Waals surface area contributed by atoms with E-state index < -0.39 is 11.7 Å². The largest absolute Gasteiger partial charge is 0.416 e. The molecule has 2 atom stereocenters. The fourth-order valence-electron chi connectivity index (χ4n) is 4.99. The van der Waals surface area contributed by atoms with Gasteiger partial charge in [0.2, 0.25) is 0 Å². The van der Waals surface area contributed by atoms with E-state index in [1.54, 1.807) is 36.3 Å². The molecule has 2 aliphatic rings. The lowest BCUT2D eigenvalue weighted by Crippen LogP contribution is -2.23. The van der Waals surface area contributed by atoms with Gasteiger partial charge in [0, 0.05) is 37.3 Å². The highest BCUT2D eigenvalue weighted by Crippen LogP contribution is 2.64. The van der Waals surface area contributed by atoms with E-state index in [1.807, 2.05) is 23.7 Å². The van der Waals surface area contributed by atoms with Crippen molar-refractivity contribution in [1.29, 1.82) is 0 Å². The topological polar surface area (TPSA) is 46.8 Å². The molecule has 1 aliphatic carbocycles. The van der Waals surface area contributed by atoms with Crippen LogP contribution in [0.25, 0.3) is 11.4 Å². The molecule has 1 aromatic carbocycles. The number of hydrogen-bond acceptors (Lipinski definition) is 5. The molecule has 3 heterocycles. The van der Waals surface area contributed by atoms with Crippen LogP contribution in [-0.4, -0.2) is 50.0 Å². The Labute approximate surface area is 195 Å². The molecule has 0 radical (unpaired) electrons. The van der Waals surface area contributed by atoms with Crippen molar-refractivity contribution in [3.05, 3.63) is 59.9 Å². The van der Waals surface area contributed by atoms with Crippen molar-refractivity contribution in [2.45, 2.75) is 36.5 Å². The summed E-state index contributed by atoms with van der Waals surface area (Å²) in [6.07, 6.45) is 2.53. The Balaban J connectivity index is 1.09. The molecule has 5 nitrogen and oxygen atoms in total. The third-order valence-corrected chi connectivity index (χ3v) is 8.01. The third-order valence-electron chi connectivity index (χ3n) is 6.90. The van der Waals surface area contributed by atoms with E-state index in [1.165, 1.54) is 12.1 Å². The maximum absolute atomic E-state index is 12.8. The summed E-state index contributed by atoms with van der Waals surface area (Å²) < 4.78 is 40.5. The zero-order valence-electron chi connectivity index (χ0n) is 18.4. The van der Waals surface area contributed by atoms with Gasteiger partial charge in [-0.3, -0.25) is 4.98 Å². The number of hydrogen-bond donors (Lipinski definition) is 0. The molecule has 33 heavy (non-hydrogen) atoms. The number of halogens is 3. The number of aromatic nitrogens is 4. The van der Waals surface area contributed by atoms with Crippen LogP contribution in [0.4, 0.5) is 13.2 Å². The van der Waals surface area contributed by atoms with Gasteiger partial charge in [-0.15, -0.1) is 10.2 Å². The van der Waals surface area contributed by atoms with Gasteiger partial charge in [0.15, 0.2) is 11.0 Å². The summed E-state index contributed by atoms with van der Waals surface area (Å²) in [5.41, 5.74) is 1.69. The number of pyridine rings is 1. The van der Waals surface area contributed by atoms with Gasteiger partial charge >= 0.3 is 6.18 Å². The normalized spacial score (nSPS) is 22.8. The van der Waals surface area contributed by atoms with E-state index >= 15 is 0 Å². The van der Waals surface area contributed by atoms with Crippen LogP contribution < -0.4 is 0 Å². The van der Waals surface area contributed by atoms with Crippen molar-refractivity contribution in [2.24, 2.45) is 12.5 Å². The first-order valence-electron chi connectivity index (χ1n) is 11.2. The SMILES string of the molecule is Cn1c(SCCCN2CCC3(C[C@H]3c3ccc(C(F)(F)F)cc3)C2)nnc1-c1cccnc1. The molecule has 9 heteroatoms. The minimum atomic E-state index is -4.27. The van der Waals surface area contributed by atoms with Crippen LogP contribution in [0.2, 0.25) is 0 Å². The van der Waals surface area contributed by atoms with Gasteiger partial charge in [-0.1, -0.05) is 23.9 Å². The standard InChI is InChI=1S/C24H26F3N5S/c1-31-21(18-4-2-10-28-15-18)29-30-22(31)33-13-3-11-32-12-9-23(16-32)14-20(23)17-5-7-19(8-6-17)24(25,26)27/h2,4-8,10,15,20H,3,9,11-14,16H2,1H3/t20-,23?/m0/s1. The Hall–Kier alpha value is -2.39. The average Bonchev–Trinajstić information content (AvgIpc) is 3.15. The summed E-state index contributed by atoms with van der Waals surface area (Å²) in [6, 6.07) is 9.64. The Morgan fingerprint density at radius 2 is 1.97 bits per heavy atom. The fourth-order valence-corrected chi connectivity index (χ4v) is 5.82. The van der Waals surface area contributed by atoms with Crippen LogP contribution in [0.3, 0.4) is 0 Å². The number of likely N-dealkylation sites (tertiary alicyclic amines) is 1. The molecule has 1 spiro atoms. The second kappa shape index (κ2) is 8.76. The Bertz CT molecular complexity index is 1100. The molecule has 0 amide bonds. The van der Waals surface area contributed by atoms with Crippen LogP contribution in [0.5, 0.6) is 0 Å². The Kier molecular flexibility index (Phi) is 5.95. The summed E-state index contributed by atoms with van der Waals surface area (Å²) in [5.74, 6) is 2.17. The van der Waals surface area contributed by atoms with E-state index in [4.69, 9.17) is 0 Å². The quantitative estimate of drug-likeness (QED) is 0.346. The number of benzene rings is 1. The first-order valence-corrected chi connectivity index (χ1v) is 12.2. The van der Waals surface area contributed by atoms with E-state index in [2.05, 4.69) is 20.1 Å². The second-order valence-corrected chi connectivity index (χ2v) is 10.1. The number of nitrogens with zero attached hydrogens (tertiary/aromatic N) is 5. The van der Waals surface area contributed by atoms with Crippen LogP contribution >= 0.6 is 11.8 Å². The molecule has 0 bridgehead atoms. The predicted molar refractivity (Wildman–Crippen MR) is 122 cm³/mol. The molecular weight excluding hydrogens is 447 g/mol. The van der Waals surface area contributed by atoms with Gasteiger partial charge in [0.25, 0.3) is 0 Å². The number of rotatable bonds is 7.